The molecule has 1 aliphatic rings. The molecule has 0 unspecified atom stereocenters. The van der Waals surface area contributed by atoms with E-state index >= 15 is 0 Å². The number of carbonyl (C=O) groups excluding carboxylic acids is 2. The summed E-state index contributed by atoms with van der Waals surface area (Å²) in [7, 11) is 0. The Morgan fingerprint density at radius 3 is 2.61 bits per heavy atom. The molecule has 1 aromatic carbocycles. The molecule has 23 heavy (non-hydrogen) atoms. The van der Waals surface area contributed by atoms with Crippen LogP contribution in [0.2, 0.25) is 0 Å². The highest BCUT2D eigenvalue weighted by atomic mass is 16.2. The molecule has 0 bridgehead atoms. The van der Waals surface area contributed by atoms with Crippen LogP contribution in [0.1, 0.15) is 23.3 Å². The van der Waals surface area contributed by atoms with E-state index in [0.29, 0.717) is 11.2 Å². The lowest BCUT2D eigenvalue weighted by Crippen LogP contribution is -2.46. The third-order valence-corrected chi connectivity index (χ3v) is 3.98. The van der Waals surface area contributed by atoms with E-state index in [2.05, 4.69) is 15.3 Å². The maximum atomic E-state index is 12.3. The molecule has 2 aromatic rings. The number of hydrogen-bond acceptors (Lipinski definition) is 5. The average Bonchev–Trinajstić information content (AvgIpc) is 2.55. The van der Waals surface area contributed by atoms with Gasteiger partial charge in [0.25, 0.3) is 5.91 Å². The number of fused-ring (bicyclic) bond motifs is 1. The lowest BCUT2D eigenvalue weighted by atomic mass is 10.0. The Labute approximate surface area is 133 Å². The number of hydrogen-bond donors (Lipinski definition) is 2. The van der Waals surface area contributed by atoms with Gasteiger partial charge in [0, 0.05) is 19.1 Å². The molecule has 0 saturated carbocycles. The van der Waals surface area contributed by atoms with Crippen molar-refractivity contribution in [3.05, 3.63) is 36.2 Å². The van der Waals surface area contributed by atoms with E-state index < -0.39 is 0 Å². The summed E-state index contributed by atoms with van der Waals surface area (Å²) in [5, 5.41) is 2.99. The molecule has 2 amide bonds. The number of primary amides is 1. The number of rotatable bonds is 4. The Balaban J connectivity index is 1.59. The maximum Gasteiger partial charge on any atom is 0.271 e. The molecule has 7 nitrogen and oxygen atoms in total. The molecule has 1 aliphatic heterocycles. The molecule has 1 fully saturated rings. The van der Waals surface area contributed by atoms with E-state index in [0.717, 1.165) is 31.4 Å². The summed E-state index contributed by atoms with van der Waals surface area (Å²) < 4.78 is 0. The smallest absolute Gasteiger partial charge is 0.271 e. The molecule has 0 atom stereocenters. The van der Waals surface area contributed by atoms with Crippen LogP contribution in [0, 0.1) is 0 Å². The van der Waals surface area contributed by atoms with Gasteiger partial charge in [0.2, 0.25) is 5.91 Å². The van der Waals surface area contributed by atoms with Gasteiger partial charge in [-0.15, -0.1) is 0 Å². The van der Waals surface area contributed by atoms with Crippen LogP contribution in [0.3, 0.4) is 0 Å². The third-order valence-electron chi connectivity index (χ3n) is 3.98. The van der Waals surface area contributed by atoms with E-state index in [1.54, 1.807) is 0 Å². The van der Waals surface area contributed by atoms with Crippen LogP contribution in [0.5, 0.6) is 0 Å². The van der Waals surface area contributed by atoms with Gasteiger partial charge in [-0.2, -0.15) is 0 Å². The van der Waals surface area contributed by atoms with E-state index in [4.69, 9.17) is 5.73 Å². The van der Waals surface area contributed by atoms with Gasteiger partial charge in [-0.05, 0) is 25.0 Å². The molecule has 1 saturated heterocycles. The van der Waals surface area contributed by atoms with Crippen molar-refractivity contribution in [2.75, 3.05) is 19.6 Å². The highest BCUT2D eigenvalue weighted by molar-refractivity contribution is 5.93. The first kappa shape index (κ1) is 15.4. The summed E-state index contributed by atoms with van der Waals surface area (Å²) in [6.07, 6.45) is 3.08. The summed E-state index contributed by atoms with van der Waals surface area (Å²) in [5.74, 6) is -0.532. The standard InChI is InChI=1S/C16H19N5O2/c17-15(22)10-21-7-5-11(6-8-21)19-16(23)14-9-18-12-3-1-2-4-13(12)20-14/h1-4,9,11H,5-8,10H2,(H2,17,22)(H,19,23). The number of carbonyl (C=O) groups is 2. The minimum absolute atomic E-state index is 0.0832. The number of aromatic nitrogens is 2. The zero-order chi connectivity index (χ0) is 16.2. The second kappa shape index (κ2) is 6.70. The van der Waals surface area contributed by atoms with E-state index in [1.807, 2.05) is 29.2 Å². The normalized spacial score (nSPS) is 16.3. The molecular formula is C16H19N5O2. The third kappa shape index (κ3) is 3.81. The van der Waals surface area contributed by atoms with Crippen molar-refractivity contribution in [3.63, 3.8) is 0 Å². The number of nitrogens with one attached hydrogen (secondary N) is 1. The second-order valence-corrected chi connectivity index (χ2v) is 5.73. The van der Waals surface area contributed by atoms with Gasteiger partial charge in [0.1, 0.15) is 5.69 Å². The average molecular weight is 313 g/mol. The topological polar surface area (TPSA) is 101 Å². The Kier molecular flexibility index (Phi) is 4.47. The van der Waals surface area contributed by atoms with Gasteiger partial charge in [0.05, 0.1) is 23.8 Å². The van der Waals surface area contributed by atoms with Crippen LogP contribution in [-0.2, 0) is 4.79 Å². The molecule has 120 valence electrons. The number of piperidine rings is 1. The van der Waals surface area contributed by atoms with Gasteiger partial charge in [-0.3, -0.25) is 19.5 Å². The van der Waals surface area contributed by atoms with Crippen molar-refractivity contribution in [1.82, 2.24) is 20.2 Å². The first-order valence-corrected chi connectivity index (χ1v) is 7.65. The minimum atomic E-state index is -0.320. The second-order valence-electron chi connectivity index (χ2n) is 5.73. The molecule has 2 heterocycles. The number of para-hydroxylation sites is 2. The quantitative estimate of drug-likeness (QED) is 0.846. The zero-order valence-electron chi connectivity index (χ0n) is 12.7. The summed E-state index contributed by atoms with van der Waals surface area (Å²) >= 11 is 0. The molecule has 1 aromatic heterocycles. The minimum Gasteiger partial charge on any atom is -0.369 e. The Hall–Kier alpha value is -2.54. The lowest BCUT2D eigenvalue weighted by molar-refractivity contribution is -0.119. The van der Waals surface area contributed by atoms with Gasteiger partial charge in [0.15, 0.2) is 0 Å². The van der Waals surface area contributed by atoms with E-state index in [1.165, 1.54) is 6.20 Å². The number of amides is 2. The Morgan fingerprint density at radius 1 is 1.22 bits per heavy atom. The molecule has 3 N–H and O–H groups in total. The van der Waals surface area contributed by atoms with Crippen molar-refractivity contribution >= 4 is 22.8 Å². The van der Waals surface area contributed by atoms with Crippen LogP contribution in [-0.4, -0.2) is 52.4 Å². The summed E-state index contributed by atoms with van der Waals surface area (Å²) in [4.78, 5) is 33.8. The van der Waals surface area contributed by atoms with E-state index in [9.17, 15) is 9.59 Å². The van der Waals surface area contributed by atoms with Crippen LogP contribution >= 0.6 is 0 Å². The van der Waals surface area contributed by atoms with Crippen LogP contribution in [0.25, 0.3) is 11.0 Å². The zero-order valence-corrected chi connectivity index (χ0v) is 12.7. The van der Waals surface area contributed by atoms with Gasteiger partial charge in [-0.25, -0.2) is 4.98 Å². The Bertz CT molecular complexity index is 725. The first-order valence-electron chi connectivity index (χ1n) is 7.65. The lowest BCUT2D eigenvalue weighted by Gasteiger charge is -2.31. The fraction of sp³-hybridized carbons (Fsp3) is 0.375. The van der Waals surface area contributed by atoms with Gasteiger partial charge >= 0.3 is 0 Å². The summed E-state index contributed by atoms with van der Waals surface area (Å²) in [6, 6.07) is 7.53. The summed E-state index contributed by atoms with van der Waals surface area (Å²) in [5.41, 5.74) is 6.99. The fourth-order valence-corrected chi connectivity index (χ4v) is 2.78. The van der Waals surface area contributed by atoms with Crippen molar-refractivity contribution in [1.29, 1.82) is 0 Å². The van der Waals surface area contributed by atoms with Crippen LogP contribution < -0.4 is 11.1 Å². The number of benzene rings is 1. The van der Waals surface area contributed by atoms with E-state index in [-0.39, 0.29) is 24.4 Å². The highest BCUT2D eigenvalue weighted by Crippen LogP contribution is 2.12. The number of nitrogens with two attached hydrogens (primary N) is 1. The monoisotopic (exact) mass is 313 g/mol. The Morgan fingerprint density at radius 2 is 1.91 bits per heavy atom. The first-order chi connectivity index (χ1) is 11.1. The predicted molar refractivity (Wildman–Crippen MR) is 85.7 cm³/mol. The van der Waals surface area contributed by atoms with Gasteiger partial charge in [-0.1, -0.05) is 12.1 Å². The van der Waals surface area contributed by atoms with Crippen molar-refractivity contribution < 1.29 is 9.59 Å². The van der Waals surface area contributed by atoms with Crippen LogP contribution in [0.15, 0.2) is 30.5 Å². The molecule has 0 radical (unpaired) electrons. The largest absolute Gasteiger partial charge is 0.369 e. The number of nitrogens with zero attached hydrogens (tertiary/aromatic N) is 3. The van der Waals surface area contributed by atoms with Crippen molar-refractivity contribution in [2.24, 2.45) is 5.73 Å². The van der Waals surface area contributed by atoms with Crippen LogP contribution in [0.4, 0.5) is 0 Å². The van der Waals surface area contributed by atoms with Gasteiger partial charge < -0.3 is 11.1 Å². The SMILES string of the molecule is NC(=O)CN1CCC(NC(=O)c2cnc3ccccc3n2)CC1. The predicted octanol–water partition coefficient (Wildman–Crippen LogP) is 0.309. The molecule has 7 heteroatoms. The molecule has 3 rings (SSSR count). The highest BCUT2D eigenvalue weighted by Gasteiger charge is 2.22. The molecule has 0 aliphatic carbocycles. The van der Waals surface area contributed by atoms with Crippen molar-refractivity contribution in [2.45, 2.75) is 18.9 Å². The molecule has 0 spiro atoms. The summed E-state index contributed by atoms with van der Waals surface area (Å²) in [6.45, 7) is 1.77. The molecular weight excluding hydrogens is 294 g/mol. The van der Waals surface area contributed by atoms with Crippen molar-refractivity contribution in [3.8, 4) is 0 Å². The maximum absolute atomic E-state index is 12.3. The number of likely N-dealkylation sites (tertiary alicyclic amines) is 1. The fourth-order valence-electron chi connectivity index (χ4n) is 2.78.